The van der Waals surface area contributed by atoms with Gasteiger partial charge in [0.15, 0.2) is 5.13 Å². The van der Waals surface area contributed by atoms with Gasteiger partial charge in [0, 0.05) is 23.8 Å². The second-order valence-corrected chi connectivity index (χ2v) is 9.78. The molecular formula is C18H19N3O5S2. The number of thiazole rings is 1. The topological polar surface area (TPSA) is 106 Å². The van der Waals surface area contributed by atoms with E-state index in [4.69, 9.17) is 0 Å². The van der Waals surface area contributed by atoms with Gasteiger partial charge >= 0.3 is 5.97 Å². The maximum atomic E-state index is 13.0. The zero-order valence-electron chi connectivity index (χ0n) is 15.2. The van der Waals surface area contributed by atoms with Crippen LogP contribution in [0.3, 0.4) is 0 Å². The van der Waals surface area contributed by atoms with E-state index in [0.29, 0.717) is 23.7 Å². The molecule has 0 radical (unpaired) electrons. The third-order valence-electron chi connectivity index (χ3n) is 4.79. The Hall–Kier alpha value is -2.30. The average molecular weight is 422 g/mol. The summed E-state index contributed by atoms with van der Waals surface area (Å²) in [6.45, 7) is 0.529. The molecule has 1 fully saturated rings. The lowest BCUT2D eigenvalue weighted by Crippen LogP contribution is -2.35. The number of aromatic nitrogens is 1. The van der Waals surface area contributed by atoms with Crippen LogP contribution in [0.1, 0.15) is 33.8 Å². The van der Waals surface area contributed by atoms with Crippen LogP contribution in [0, 0.1) is 5.92 Å². The molecule has 0 bridgehead atoms. The molecule has 8 nitrogen and oxygen atoms in total. The van der Waals surface area contributed by atoms with Crippen molar-refractivity contribution in [3.63, 3.8) is 0 Å². The van der Waals surface area contributed by atoms with Crippen LogP contribution in [0.25, 0.3) is 0 Å². The SMILES string of the molecule is COC(=O)c1ccc(S(=O)(=O)N2CCc3nc(NC(=O)C4CC4)sc3C2)cc1. The first-order valence-electron chi connectivity index (χ1n) is 8.86. The van der Waals surface area contributed by atoms with E-state index in [-0.39, 0.29) is 23.3 Å². The molecule has 10 heteroatoms. The maximum Gasteiger partial charge on any atom is 0.337 e. The molecule has 1 saturated carbocycles. The Morgan fingerprint density at radius 1 is 1.25 bits per heavy atom. The minimum Gasteiger partial charge on any atom is -0.465 e. The van der Waals surface area contributed by atoms with Crippen LogP contribution < -0.4 is 5.32 Å². The first kappa shape index (κ1) is 19.0. The molecule has 0 saturated heterocycles. The molecule has 2 aliphatic rings. The molecular weight excluding hydrogens is 402 g/mol. The van der Waals surface area contributed by atoms with Crippen molar-refractivity contribution in [1.29, 1.82) is 0 Å². The third kappa shape index (κ3) is 3.67. The number of esters is 1. The lowest BCUT2D eigenvalue weighted by Gasteiger charge is -2.25. The summed E-state index contributed by atoms with van der Waals surface area (Å²) in [7, 11) is -2.43. The molecule has 1 aliphatic heterocycles. The van der Waals surface area contributed by atoms with Gasteiger partial charge in [-0.15, -0.1) is 11.3 Å². The van der Waals surface area contributed by atoms with Gasteiger partial charge in [0.1, 0.15) is 0 Å². The highest BCUT2D eigenvalue weighted by Crippen LogP contribution is 2.34. The predicted molar refractivity (Wildman–Crippen MR) is 103 cm³/mol. The Morgan fingerprint density at radius 2 is 1.96 bits per heavy atom. The van der Waals surface area contributed by atoms with Gasteiger partial charge in [-0.2, -0.15) is 4.31 Å². The number of carbonyl (C=O) groups is 2. The summed E-state index contributed by atoms with van der Waals surface area (Å²) in [5.74, 6) is -0.441. The molecule has 1 amide bonds. The fourth-order valence-electron chi connectivity index (χ4n) is 3.01. The molecule has 0 unspecified atom stereocenters. The summed E-state index contributed by atoms with van der Waals surface area (Å²) in [4.78, 5) is 28.8. The van der Waals surface area contributed by atoms with E-state index in [1.165, 1.54) is 47.0 Å². The van der Waals surface area contributed by atoms with Crippen LogP contribution in [0.2, 0.25) is 0 Å². The molecule has 4 rings (SSSR count). The van der Waals surface area contributed by atoms with Gasteiger partial charge in [0.2, 0.25) is 15.9 Å². The van der Waals surface area contributed by atoms with E-state index >= 15 is 0 Å². The normalized spacial score (nSPS) is 17.0. The number of hydrogen-bond donors (Lipinski definition) is 1. The summed E-state index contributed by atoms with van der Waals surface area (Å²) >= 11 is 1.32. The first-order chi connectivity index (χ1) is 13.4. The van der Waals surface area contributed by atoms with Crippen molar-refractivity contribution in [2.24, 2.45) is 5.92 Å². The number of carbonyl (C=O) groups excluding carboxylic acids is 2. The summed E-state index contributed by atoms with van der Waals surface area (Å²) < 4.78 is 31.9. The first-order valence-corrected chi connectivity index (χ1v) is 11.1. The van der Waals surface area contributed by atoms with Gasteiger partial charge < -0.3 is 10.1 Å². The van der Waals surface area contributed by atoms with E-state index in [1.54, 1.807) is 0 Å². The van der Waals surface area contributed by atoms with Crippen LogP contribution >= 0.6 is 11.3 Å². The fourth-order valence-corrected chi connectivity index (χ4v) is 5.53. The number of amides is 1. The number of rotatable bonds is 5. The molecule has 1 aliphatic carbocycles. The van der Waals surface area contributed by atoms with Crippen LogP contribution in [0.4, 0.5) is 5.13 Å². The summed E-state index contributed by atoms with van der Waals surface area (Å²) in [6.07, 6.45) is 2.32. The third-order valence-corrected chi connectivity index (χ3v) is 7.64. The molecule has 0 spiro atoms. The Bertz CT molecular complexity index is 1030. The monoisotopic (exact) mass is 421 g/mol. The lowest BCUT2D eigenvalue weighted by atomic mass is 10.2. The van der Waals surface area contributed by atoms with Gasteiger partial charge in [-0.05, 0) is 37.1 Å². The van der Waals surface area contributed by atoms with Crippen molar-refractivity contribution < 1.29 is 22.7 Å². The van der Waals surface area contributed by atoms with Crippen LogP contribution in [-0.4, -0.2) is 43.2 Å². The molecule has 2 aromatic rings. The number of benzene rings is 1. The maximum absolute atomic E-state index is 13.0. The van der Waals surface area contributed by atoms with E-state index in [9.17, 15) is 18.0 Å². The Kier molecular flexibility index (Phi) is 4.94. The van der Waals surface area contributed by atoms with Crippen LogP contribution in [0.5, 0.6) is 0 Å². The van der Waals surface area contributed by atoms with E-state index in [2.05, 4.69) is 15.0 Å². The lowest BCUT2D eigenvalue weighted by molar-refractivity contribution is -0.117. The molecule has 1 N–H and O–H groups in total. The number of fused-ring (bicyclic) bond motifs is 1. The number of anilines is 1. The molecule has 1 aromatic carbocycles. The minimum absolute atomic E-state index is 0.0127. The summed E-state index contributed by atoms with van der Waals surface area (Å²) in [5.41, 5.74) is 1.13. The Labute approximate surface area is 166 Å². The number of methoxy groups -OCH3 is 1. The Balaban J connectivity index is 1.50. The van der Waals surface area contributed by atoms with Crippen molar-refractivity contribution in [3.8, 4) is 0 Å². The highest BCUT2D eigenvalue weighted by Gasteiger charge is 2.33. The molecule has 0 atom stereocenters. The quantitative estimate of drug-likeness (QED) is 0.741. The van der Waals surface area contributed by atoms with Crippen molar-refractivity contribution >= 4 is 38.4 Å². The van der Waals surface area contributed by atoms with E-state index in [1.807, 2.05) is 0 Å². The number of hydrogen-bond acceptors (Lipinski definition) is 7. The number of ether oxygens (including phenoxy) is 1. The van der Waals surface area contributed by atoms with E-state index < -0.39 is 16.0 Å². The number of sulfonamides is 1. The molecule has 1 aromatic heterocycles. The average Bonchev–Trinajstić information content (AvgIpc) is 3.47. The number of nitrogens with zero attached hydrogens (tertiary/aromatic N) is 2. The van der Waals surface area contributed by atoms with Crippen LogP contribution in [0.15, 0.2) is 29.2 Å². The summed E-state index contributed by atoms with van der Waals surface area (Å²) in [5, 5.41) is 3.36. The standard InChI is InChI=1S/C18H19N3O5S2/c1-26-17(23)12-4-6-13(7-5-12)28(24,25)21-9-8-14-15(10-21)27-18(19-14)20-16(22)11-2-3-11/h4-7,11H,2-3,8-10H2,1H3,(H,19,20,22). The predicted octanol–water partition coefficient (Wildman–Crippen LogP) is 2.03. The zero-order valence-corrected chi connectivity index (χ0v) is 16.8. The minimum atomic E-state index is -3.70. The van der Waals surface area contributed by atoms with Crippen molar-refractivity contribution in [2.45, 2.75) is 30.7 Å². The van der Waals surface area contributed by atoms with Gasteiger partial charge in [-0.25, -0.2) is 18.2 Å². The number of nitrogens with one attached hydrogen (secondary N) is 1. The van der Waals surface area contributed by atoms with Gasteiger partial charge in [0.05, 0.1) is 29.8 Å². The van der Waals surface area contributed by atoms with Crippen molar-refractivity contribution in [1.82, 2.24) is 9.29 Å². The van der Waals surface area contributed by atoms with E-state index in [0.717, 1.165) is 23.4 Å². The molecule has 2 heterocycles. The summed E-state index contributed by atoms with van der Waals surface area (Å²) in [6, 6.07) is 5.69. The van der Waals surface area contributed by atoms with Crippen LogP contribution in [-0.2, 0) is 32.5 Å². The highest BCUT2D eigenvalue weighted by atomic mass is 32.2. The fraction of sp³-hybridized carbons (Fsp3) is 0.389. The largest absolute Gasteiger partial charge is 0.465 e. The van der Waals surface area contributed by atoms with Gasteiger partial charge in [-0.1, -0.05) is 0 Å². The second kappa shape index (κ2) is 7.26. The van der Waals surface area contributed by atoms with Crippen molar-refractivity contribution in [3.05, 3.63) is 40.4 Å². The molecule has 148 valence electrons. The zero-order chi connectivity index (χ0) is 19.9. The highest BCUT2D eigenvalue weighted by molar-refractivity contribution is 7.89. The second-order valence-electron chi connectivity index (χ2n) is 6.76. The smallest absolute Gasteiger partial charge is 0.337 e. The van der Waals surface area contributed by atoms with Gasteiger partial charge in [-0.3, -0.25) is 4.79 Å². The van der Waals surface area contributed by atoms with Gasteiger partial charge in [0.25, 0.3) is 0 Å². The Morgan fingerprint density at radius 3 is 2.61 bits per heavy atom. The van der Waals surface area contributed by atoms with Crippen molar-refractivity contribution in [2.75, 3.05) is 19.0 Å². The molecule has 28 heavy (non-hydrogen) atoms.